The number of aryl methyl sites for hydroxylation is 1. The zero-order valence-corrected chi connectivity index (χ0v) is 14.7. The van der Waals surface area contributed by atoms with Crippen LogP contribution in [0.25, 0.3) is 0 Å². The Labute approximate surface area is 142 Å². The maximum atomic E-state index is 13.3. The number of hydrogen-bond acceptors (Lipinski definition) is 4. The standard InChI is InChI=1S/C17H22FN3O2S/c1-3-4-5-10-19-17-9-6-14(12-20-17)21-24(22,23)15-7-8-16(18)13(2)11-15/h6-9,11-12,21H,3-5,10H2,1-2H3,(H,19,20). The summed E-state index contributed by atoms with van der Waals surface area (Å²) in [6.07, 6.45) is 4.83. The summed E-state index contributed by atoms with van der Waals surface area (Å²) in [5, 5.41) is 3.18. The van der Waals surface area contributed by atoms with Crippen molar-refractivity contribution in [2.24, 2.45) is 0 Å². The van der Waals surface area contributed by atoms with Gasteiger partial charge in [-0.1, -0.05) is 19.8 Å². The lowest BCUT2D eigenvalue weighted by molar-refractivity contribution is 0.598. The highest BCUT2D eigenvalue weighted by Crippen LogP contribution is 2.19. The van der Waals surface area contributed by atoms with Gasteiger partial charge in [-0.05, 0) is 49.2 Å². The number of unbranched alkanes of at least 4 members (excludes halogenated alkanes) is 2. The fourth-order valence-corrected chi connectivity index (χ4v) is 3.28. The lowest BCUT2D eigenvalue weighted by Gasteiger charge is -2.10. The number of nitrogens with one attached hydrogen (secondary N) is 2. The molecule has 0 atom stereocenters. The second-order valence-electron chi connectivity index (χ2n) is 5.58. The van der Waals surface area contributed by atoms with Crippen LogP contribution in [0.3, 0.4) is 0 Å². The van der Waals surface area contributed by atoms with Gasteiger partial charge in [0, 0.05) is 6.54 Å². The molecular formula is C17H22FN3O2S. The predicted octanol–water partition coefficient (Wildman–Crippen LogP) is 3.93. The number of anilines is 2. The van der Waals surface area contributed by atoms with E-state index in [4.69, 9.17) is 0 Å². The van der Waals surface area contributed by atoms with Crippen LogP contribution in [0.15, 0.2) is 41.4 Å². The topological polar surface area (TPSA) is 71.1 Å². The number of hydrogen-bond donors (Lipinski definition) is 2. The van der Waals surface area contributed by atoms with E-state index in [0.717, 1.165) is 31.9 Å². The van der Waals surface area contributed by atoms with E-state index in [1.54, 1.807) is 12.1 Å². The average Bonchev–Trinajstić information content (AvgIpc) is 2.55. The van der Waals surface area contributed by atoms with Crippen molar-refractivity contribution < 1.29 is 12.8 Å². The summed E-state index contributed by atoms with van der Waals surface area (Å²) in [6.45, 7) is 4.50. The van der Waals surface area contributed by atoms with Gasteiger partial charge in [0.25, 0.3) is 10.0 Å². The molecule has 1 heterocycles. The molecule has 1 aromatic heterocycles. The molecule has 2 N–H and O–H groups in total. The van der Waals surface area contributed by atoms with Crippen molar-refractivity contribution in [3.63, 3.8) is 0 Å². The summed E-state index contributed by atoms with van der Waals surface area (Å²) in [4.78, 5) is 4.20. The van der Waals surface area contributed by atoms with Gasteiger partial charge >= 0.3 is 0 Å². The van der Waals surface area contributed by atoms with Crippen LogP contribution in [0.1, 0.15) is 31.7 Å². The van der Waals surface area contributed by atoms with Gasteiger partial charge < -0.3 is 5.32 Å². The largest absolute Gasteiger partial charge is 0.370 e. The van der Waals surface area contributed by atoms with Gasteiger partial charge in [0.1, 0.15) is 11.6 Å². The maximum Gasteiger partial charge on any atom is 0.261 e. The van der Waals surface area contributed by atoms with Crippen molar-refractivity contribution in [1.29, 1.82) is 0 Å². The van der Waals surface area contributed by atoms with E-state index in [9.17, 15) is 12.8 Å². The summed E-state index contributed by atoms with van der Waals surface area (Å²) < 4.78 is 40.4. The number of rotatable bonds is 8. The van der Waals surface area contributed by atoms with Crippen LogP contribution >= 0.6 is 0 Å². The number of aromatic nitrogens is 1. The van der Waals surface area contributed by atoms with Crippen molar-refractivity contribution in [2.75, 3.05) is 16.6 Å². The summed E-state index contributed by atoms with van der Waals surface area (Å²) in [7, 11) is -3.77. The Morgan fingerprint density at radius 2 is 1.96 bits per heavy atom. The molecule has 0 radical (unpaired) electrons. The molecule has 0 aliphatic carbocycles. The van der Waals surface area contributed by atoms with E-state index >= 15 is 0 Å². The first-order valence-corrected chi connectivity index (χ1v) is 9.39. The third kappa shape index (κ3) is 4.92. The van der Waals surface area contributed by atoms with E-state index < -0.39 is 15.8 Å². The van der Waals surface area contributed by atoms with Gasteiger partial charge in [-0.15, -0.1) is 0 Å². The quantitative estimate of drug-likeness (QED) is 0.707. The molecule has 2 aromatic rings. The molecule has 5 nitrogen and oxygen atoms in total. The Bertz CT molecular complexity index is 777. The summed E-state index contributed by atoms with van der Waals surface area (Å²) in [5.74, 6) is 0.265. The SMILES string of the molecule is CCCCCNc1ccc(NS(=O)(=O)c2ccc(F)c(C)c2)cn1. The third-order valence-corrected chi connectivity index (χ3v) is 4.92. The van der Waals surface area contributed by atoms with Crippen LogP contribution in [-0.2, 0) is 10.0 Å². The van der Waals surface area contributed by atoms with Gasteiger partial charge in [0.05, 0.1) is 16.8 Å². The summed E-state index contributed by atoms with van der Waals surface area (Å²) >= 11 is 0. The minimum Gasteiger partial charge on any atom is -0.370 e. The molecule has 1 aromatic carbocycles. The van der Waals surface area contributed by atoms with Gasteiger partial charge in [0.2, 0.25) is 0 Å². The Kier molecular flexibility index (Phi) is 6.14. The molecule has 0 aliphatic heterocycles. The van der Waals surface area contributed by atoms with Gasteiger partial charge in [-0.2, -0.15) is 0 Å². The van der Waals surface area contributed by atoms with Crippen LogP contribution in [0.5, 0.6) is 0 Å². The average molecular weight is 351 g/mol. The fraction of sp³-hybridized carbons (Fsp3) is 0.353. The van der Waals surface area contributed by atoms with E-state index in [0.29, 0.717) is 11.5 Å². The minimum atomic E-state index is -3.77. The van der Waals surface area contributed by atoms with Gasteiger partial charge in [-0.25, -0.2) is 17.8 Å². The monoisotopic (exact) mass is 351 g/mol. The molecular weight excluding hydrogens is 329 g/mol. The van der Waals surface area contributed by atoms with Crippen LogP contribution in [0, 0.1) is 12.7 Å². The van der Waals surface area contributed by atoms with E-state index in [1.165, 1.54) is 25.3 Å². The van der Waals surface area contributed by atoms with E-state index in [1.807, 2.05) is 0 Å². The molecule has 2 rings (SSSR count). The Balaban J connectivity index is 2.03. The number of benzene rings is 1. The zero-order chi connectivity index (χ0) is 17.6. The first-order valence-electron chi connectivity index (χ1n) is 7.91. The molecule has 0 bridgehead atoms. The molecule has 0 unspecified atom stereocenters. The highest BCUT2D eigenvalue weighted by atomic mass is 32.2. The van der Waals surface area contributed by atoms with Crippen molar-refractivity contribution in [3.8, 4) is 0 Å². The highest BCUT2D eigenvalue weighted by Gasteiger charge is 2.15. The molecule has 0 saturated carbocycles. The predicted molar refractivity (Wildman–Crippen MR) is 94.2 cm³/mol. The van der Waals surface area contributed by atoms with Crippen LogP contribution in [0.4, 0.5) is 15.9 Å². The Morgan fingerprint density at radius 3 is 2.58 bits per heavy atom. The van der Waals surface area contributed by atoms with Crippen LogP contribution in [0.2, 0.25) is 0 Å². The maximum absolute atomic E-state index is 13.3. The molecule has 0 aliphatic rings. The number of sulfonamides is 1. The fourth-order valence-electron chi connectivity index (χ4n) is 2.15. The van der Waals surface area contributed by atoms with Crippen LogP contribution in [-0.4, -0.2) is 19.9 Å². The Morgan fingerprint density at radius 1 is 1.17 bits per heavy atom. The molecule has 0 saturated heterocycles. The van der Waals surface area contributed by atoms with Gasteiger partial charge in [0.15, 0.2) is 0 Å². The molecule has 0 spiro atoms. The van der Waals surface area contributed by atoms with Crippen molar-refractivity contribution in [3.05, 3.63) is 47.9 Å². The van der Waals surface area contributed by atoms with Gasteiger partial charge in [-0.3, -0.25) is 4.72 Å². The van der Waals surface area contributed by atoms with E-state index in [2.05, 4.69) is 21.9 Å². The number of nitrogens with zero attached hydrogens (tertiary/aromatic N) is 1. The lowest BCUT2D eigenvalue weighted by atomic mass is 10.2. The van der Waals surface area contributed by atoms with Crippen LogP contribution < -0.4 is 10.0 Å². The molecule has 7 heteroatoms. The minimum absolute atomic E-state index is 0.0168. The smallest absolute Gasteiger partial charge is 0.261 e. The summed E-state index contributed by atoms with van der Waals surface area (Å²) in [5.41, 5.74) is 0.638. The molecule has 130 valence electrons. The third-order valence-electron chi connectivity index (χ3n) is 3.54. The van der Waals surface area contributed by atoms with Crippen molar-refractivity contribution >= 4 is 21.5 Å². The summed E-state index contributed by atoms with van der Waals surface area (Å²) in [6, 6.07) is 7.05. The molecule has 0 fully saturated rings. The number of pyridine rings is 1. The Hall–Kier alpha value is -2.15. The van der Waals surface area contributed by atoms with Crippen molar-refractivity contribution in [1.82, 2.24) is 4.98 Å². The first kappa shape index (κ1) is 18.2. The first-order chi connectivity index (χ1) is 11.4. The molecule has 0 amide bonds. The lowest BCUT2D eigenvalue weighted by Crippen LogP contribution is -2.13. The second kappa shape index (κ2) is 8.10. The highest BCUT2D eigenvalue weighted by molar-refractivity contribution is 7.92. The second-order valence-corrected chi connectivity index (χ2v) is 7.26. The normalized spacial score (nSPS) is 11.3. The molecule has 24 heavy (non-hydrogen) atoms. The number of halogens is 1. The van der Waals surface area contributed by atoms with E-state index in [-0.39, 0.29) is 10.5 Å². The van der Waals surface area contributed by atoms with Crippen molar-refractivity contribution in [2.45, 2.75) is 38.0 Å². The zero-order valence-electron chi connectivity index (χ0n) is 13.8.